The van der Waals surface area contributed by atoms with E-state index in [2.05, 4.69) is 5.32 Å². The van der Waals surface area contributed by atoms with Gasteiger partial charge in [-0.2, -0.15) is 0 Å². The van der Waals surface area contributed by atoms with Crippen LogP contribution in [0.4, 0.5) is 0 Å². The molecular formula is C11H24N2O3. The highest BCUT2D eigenvalue weighted by Gasteiger charge is 2.09. The number of hydrogen-bond acceptors (Lipinski definition) is 4. The number of carbonyl (C=O) groups is 1. The molecule has 0 fully saturated rings. The maximum absolute atomic E-state index is 11.5. The molecule has 0 bridgehead atoms. The summed E-state index contributed by atoms with van der Waals surface area (Å²) < 4.78 is 10.0. The number of rotatable bonds is 10. The van der Waals surface area contributed by atoms with Crippen molar-refractivity contribution in [1.29, 1.82) is 0 Å². The Kier molecular flexibility index (Phi) is 10.4. The highest BCUT2D eigenvalue weighted by molar-refractivity contribution is 5.77. The van der Waals surface area contributed by atoms with E-state index >= 15 is 0 Å². The van der Waals surface area contributed by atoms with E-state index in [9.17, 15) is 4.79 Å². The zero-order valence-corrected chi connectivity index (χ0v) is 10.6. The van der Waals surface area contributed by atoms with Gasteiger partial charge in [0.25, 0.3) is 0 Å². The lowest BCUT2D eigenvalue weighted by Gasteiger charge is -2.20. The van der Waals surface area contributed by atoms with Gasteiger partial charge in [0.05, 0.1) is 19.8 Å². The van der Waals surface area contributed by atoms with Gasteiger partial charge in [-0.05, 0) is 6.42 Å². The summed E-state index contributed by atoms with van der Waals surface area (Å²) in [6, 6.07) is 0. The molecule has 1 N–H and O–H groups in total. The fourth-order valence-electron chi connectivity index (χ4n) is 1.23. The second-order valence-electron chi connectivity index (χ2n) is 3.61. The Bertz CT molecular complexity index is 169. The Morgan fingerprint density at radius 2 is 1.75 bits per heavy atom. The van der Waals surface area contributed by atoms with Gasteiger partial charge in [0.1, 0.15) is 0 Å². The second-order valence-corrected chi connectivity index (χ2v) is 3.61. The quantitative estimate of drug-likeness (QED) is 0.581. The summed E-state index contributed by atoms with van der Waals surface area (Å²) >= 11 is 0. The van der Waals surface area contributed by atoms with E-state index in [0.717, 1.165) is 26.1 Å². The summed E-state index contributed by atoms with van der Waals surface area (Å²) in [5, 5.41) is 2.85. The number of nitrogens with zero attached hydrogens (tertiary/aromatic N) is 1. The number of methoxy groups -OCH3 is 2. The Balaban J connectivity index is 3.82. The molecule has 0 heterocycles. The van der Waals surface area contributed by atoms with Crippen molar-refractivity contribution in [3.63, 3.8) is 0 Å². The van der Waals surface area contributed by atoms with Crippen LogP contribution in [0.25, 0.3) is 0 Å². The lowest BCUT2D eigenvalue weighted by molar-refractivity contribution is -0.122. The molecule has 5 nitrogen and oxygen atoms in total. The van der Waals surface area contributed by atoms with Crippen LogP contribution in [-0.4, -0.2) is 64.4 Å². The van der Waals surface area contributed by atoms with E-state index in [1.54, 1.807) is 14.2 Å². The Morgan fingerprint density at radius 3 is 2.19 bits per heavy atom. The lowest BCUT2D eigenvalue weighted by Crippen LogP contribution is -2.40. The molecule has 0 atom stereocenters. The predicted molar refractivity (Wildman–Crippen MR) is 63.5 cm³/mol. The number of nitrogens with one attached hydrogen (secondary N) is 1. The second kappa shape index (κ2) is 10.9. The van der Waals surface area contributed by atoms with E-state index in [4.69, 9.17) is 9.47 Å². The third kappa shape index (κ3) is 8.64. The molecule has 0 aliphatic carbocycles. The van der Waals surface area contributed by atoms with Crippen LogP contribution in [0.2, 0.25) is 0 Å². The Labute approximate surface area is 98.1 Å². The normalized spacial score (nSPS) is 10.8. The summed E-state index contributed by atoms with van der Waals surface area (Å²) in [7, 11) is 3.32. The van der Waals surface area contributed by atoms with Crippen LogP contribution in [-0.2, 0) is 14.3 Å². The monoisotopic (exact) mass is 232 g/mol. The van der Waals surface area contributed by atoms with Crippen molar-refractivity contribution in [2.45, 2.75) is 13.3 Å². The largest absolute Gasteiger partial charge is 0.383 e. The first kappa shape index (κ1) is 15.3. The molecule has 5 heteroatoms. The van der Waals surface area contributed by atoms with Crippen molar-refractivity contribution >= 4 is 5.91 Å². The van der Waals surface area contributed by atoms with Crippen molar-refractivity contribution in [1.82, 2.24) is 10.2 Å². The van der Waals surface area contributed by atoms with Gasteiger partial charge in [0.2, 0.25) is 5.91 Å². The highest BCUT2D eigenvalue weighted by atomic mass is 16.5. The molecule has 0 saturated carbocycles. The highest BCUT2D eigenvalue weighted by Crippen LogP contribution is 1.89. The van der Waals surface area contributed by atoms with Crippen LogP contribution in [0.15, 0.2) is 0 Å². The molecule has 0 aromatic rings. The molecule has 0 aromatic carbocycles. The van der Waals surface area contributed by atoms with Gasteiger partial charge in [0, 0.05) is 33.9 Å². The van der Waals surface area contributed by atoms with Crippen LogP contribution >= 0.6 is 0 Å². The molecule has 0 saturated heterocycles. The zero-order chi connectivity index (χ0) is 12.2. The van der Waals surface area contributed by atoms with Gasteiger partial charge in [-0.1, -0.05) is 6.92 Å². The van der Waals surface area contributed by atoms with E-state index < -0.39 is 0 Å². The molecule has 0 aromatic heterocycles. The number of carbonyl (C=O) groups excluding carboxylic acids is 1. The van der Waals surface area contributed by atoms with Gasteiger partial charge >= 0.3 is 0 Å². The minimum atomic E-state index is 0.0639. The molecule has 0 radical (unpaired) electrons. The summed E-state index contributed by atoms with van der Waals surface area (Å²) in [6.45, 7) is 5.94. The average Bonchev–Trinajstić information content (AvgIpc) is 2.30. The van der Waals surface area contributed by atoms with Gasteiger partial charge in [-0.3, -0.25) is 9.69 Å². The third-order valence-corrected chi connectivity index (χ3v) is 2.16. The molecule has 0 spiro atoms. The number of ether oxygens (including phenoxy) is 2. The van der Waals surface area contributed by atoms with Crippen LogP contribution in [0.1, 0.15) is 13.3 Å². The van der Waals surface area contributed by atoms with Crippen LogP contribution in [0, 0.1) is 0 Å². The van der Waals surface area contributed by atoms with E-state index in [1.165, 1.54) is 0 Å². The molecular weight excluding hydrogens is 208 g/mol. The minimum absolute atomic E-state index is 0.0639. The van der Waals surface area contributed by atoms with Gasteiger partial charge in [-0.25, -0.2) is 0 Å². The van der Waals surface area contributed by atoms with E-state index in [1.807, 2.05) is 11.8 Å². The minimum Gasteiger partial charge on any atom is -0.383 e. The zero-order valence-electron chi connectivity index (χ0n) is 10.6. The topological polar surface area (TPSA) is 50.8 Å². The maximum Gasteiger partial charge on any atom is 0.234 e. The molecule has 1 amide bonds. The van der Waals surface area contributed by atoms with E-state index in [-0.39, 0.29) is 5.91 Å². The summed E-state index contributed by atoms with van der Waals surface area (Å²) in [6.07, 6.45) is 0.960. The van der Waals surface area contributed by atoms with Crippen molar-refractivity contribution in [3.8, 4) is 0 Å². The first-order chi connectivity index (χ1) is 7.74. The summed E-state index contributed by atoms with van der Waals surface area (Å²) in [4.78, 5) is 13.5. The van der Waals surface area contributed by atoms with Crippen LogP contribution in [0.3, 0.4) is 0 Å². The Morgan fingerprint density at radius 1 is 1.19 bits per heavy atom. The molecule has 0 unspecified atom stereocenters. The lowest BCUT2D eigenvalue weighted by atomic mass is 10.4. The smallest absolute Gasteiger partial charge is 0.234 e. The van der Waals surface area contributed by atoms with Crippen molar-refractivity contribution < 1.29 is 14.3 Å². The predicted octanol–water partition coefficient (Wildman–Crippen LogP) is 0.107. The average molecular weight is 232 g/mol. The summed E-state index contributed by atoms with van der Waals surface area (Å²) in [5.41, 5.74) is 0. The number of amides is 1. The first-order valence-corrected chi connectivity index (χ1v) is 5.71. The maximum atomic E-state index is 11.5. The Hall–Kier alpha value is -0.650. The fourth-order valence-corrected chi connectivity index (χ4v) is 1.23. The number of hydrogen-bond donors (Lipinski definition) is 1. The molecule has 16 heavy (non-hydrogen) atoms. The van der Waals surface area contributed by atoms with Crippen molar-refractivity contribution in [3.05, 3.63) is 0 Å². The summed E-state index contributed by atoms with van der Waals surface area (Å²) in [5.74, 6) is 0.0639. The molecule has 0 aliphatic rings. The van der Waals surface area contributed by atoms with Crippen LogP contribution < -0.4 is 5.32 Å². The third-order valence-electron chi connectivity index (χ3n) is 2.16. The van der Waals surface area contributed by atoms with Crippen molar-refractivity contribution in [2.75, 3.05) is 53.6 Å². The van der Waals surface area contributed by atoms with Crippen molar-refractivity contribution in [2.24, 2.45) is 0 Å². The molecule has 96 valence electrons. The van der Waals surface area contributed by atoms with E-state index in [0.29, 0.717) is 19.8 Å². The fraction of sp³-hybridized carbons (Fsp3) is 0.909. The van der Waals surface area contributed by atoms with Crippen LogP contribution in [0.5, 0.6) is 0 Å². The standard InChI is InChI=1S/C11H24N2O3/c1-4-5-12-11(14)10-13(6-8-15-2)7-9-16-3/h4-10H2,1-3H3,(H,12,14). The first-order valence-electron chi connectivity index (χ1n) is 5.71. The van der Waals surface area contributed by atoms with Gasteiger partial charge in [0.15, 0.2) is 0 Å². The SMILES string of the molecule is CCCNC(=O)CN(CCOC)CCOC. The van der Waals surface area contributed by atoms with Gasteiger partial charge < -0.3 is 14.8 Å². The van der Waals surface area contributed by atoms with Gasteiger partial charge in [-0.15, -0.1) is 0 Å². The molecule has 0 aliphatic heterocycles. The molecule has 0 rings (SSSR count).